The van der Waals surface area contributed by atoms with Crippen LogP contribution in [0.2, 0.25) is 0 Å². The average Bonchev–Trinajstić information content (AvgIpc) is 2.64. The van der Waals surface area contributed by atoms with Crippen molar-refractivity contribution in [1.82, 2.24) is 14.5 Å². The van der Waals surface area contributed by atoms with Crippen LogP contribution in [0.5, 0.6) is 0 Å². The lowest BCUT2D eigenvalue weighted by molar-refractivity contribution is 0.355. The van der Waals surface area contributed by atoms with Crippen LogP contribution in [0.15, 0.2) is 25.0 Å². The summed E-state index contributed by atoms with van der Waals surface area (Å²) in [6.07, 6.45) is 6.83. The van der Waals surface area contributed by atoms with E-state index >= 15 is 0 Å². The summed E-state index contributed by atoms with van der Waals surface area (Å²) in [7, 11) is 4.20. The first-order valence-corrected chi connectivity index (χ1v) is 6.56. The molecule has 0 aliphatic heterocycles. The van der Waals surface area contributed by atoms with Crippen LogP contribution in [-0.4, -0.2) is 41.1 Å². The van der Waals surface area contributed by atoms with Crippen molar-refractivity contribution in [3.63, 3.8) is 0 Å². The number of hydrogen-bond donors (Lipinski definition) is 1. The second-order valence-corrected chi connectivity index (χ2v) is 5.42. The Balaban J connectivity index is 2.68. The summed E-state index contributed by atoms with van der Waals surface area (Å²) in [4.78, 5) is 6.58. The maximum Gasteiger partial charge on any atom is 0.203 e. The lowest BCUT2D eigenvalue weighted by atomic mass is 10.0. The van der Waals surface area contributed by atoms with Gasteiger partial charge in [0.15, 0.2) is 0 Å². The maximum absolute atomic E-state index is 4.37. The van der Waals surface area contributed by atoms with Gasteiger partial charge in [0.2, 0.25) is 5.95 Å². The van der Waals surface area contributed by atoms with Gasteiger partial charge in [0.25, 0.3) is 0 Å². The van der Waals surface area contributed by atoms with Crippen molar-refractivity contribution in [1.29, 1.82) is 0 Å². The van der Waals surface area contributed by atoms with E-state index in [1.165, 1.54) is 0 Å². The highest BCUT2D eigenvalue weighted by Crippen LogP contribution is 2.12. The van der Waals surface area contributed by atoms with Gasteiger partial charge >= 0.3 is 0 Å². The molecule has 0 fully saturated rings. The Morgan fingerprint density at radius 3 is 2.78 bits per heavy atom. The van der Waals surface area contributed by atoms with E-state index in [4.69, 9.17) is 0 Å². The predicted octanol–water partition coefficient (Wildman–Crippen LogP) is 2.46. The molecule has 1 heterocycles. The Morgan fingerprint density at radius 2 is 2.22 bits per heavy atom. The summed E-state index contributed by atoms with van der Waals surface area (Å²) < 4.78 is 2.08. The van der Waals surface area contributed by atoms with E-state index in [1.54, 1.807) is 0 Å². The van der Waals surface area contributed by atoms with Crippen LogP contribution in [0.3, 0.4) is 0 Å². The number of nitrogens with one attached hydrogen (secondary N) is 1. The topological polar surface area (TPSA) is 33.1 Å². The van der Waals surface area contributed by atoms with Crippen molar-refractivity contribution in [3.05, 3.63) is 25.0 Å². The normalized spacial score (nSPS) is 13.0. The van der Waals surface area contributed by atoms with Crippen LogP contribution in [0.1, 0.15) is 20.3 Å². The van der Waals surface area contributed by atoms with Crippen LogP contribution in [0, 0.1) is 5.92 Å². The zero-order valence-electron chi connectivity index (χ0n) is 12.1. The Labute approximate surface area is 111 Å². The molecule has 1 aromatic heterocycles. The van der Waals surface area contributed by atoms with Crippen LogP contribution < -0.4 is 5.32 Å². The molecule has 1 N–H and O–H groups in total. The molecule has 1 unspecified atom stereocenters. The summed E-state index contributed by atoms with van der Waals surface area (Å²) in [6.45, 7) is 10.1. The van der Waals surface area contributed by atoms with Crippen LogP contribution in [0.4, 0.5) is 5.95 Å². The minimum atomic E-state index is 0.422. The van der Waals surface area contributed by atoms with Gasteiger partial charge in [-0.05, 0) is 26.4 Å². The average molecular weight is 250 g/mol. The Kier molecular flexibility index (Phi) is 5.92. The summed E-state index contributed by atoms with van der Waals surface area (Å²) in [5.41, 5.74) is 0. The van der Waals surface area contributed by atoms with Crippen molar-refractivity contribution >= 4 is 5.95 Å². The van der Waals surface area contributed by atoms with Gasteiger partial charge in [0, 0.05) is 31.5 Å². The molecule has 4 heteroatoms. The molecule has 4 nitrogen and oxygen atoms in total. The molecule has 1 atom stereocenters. The SMILES string of the molecule is C=CCn1ccnc1NC(CC(C)C)CN(C)C. The van der Waals surface area contributed by atoms with Gasteiger partial charge < -0.3 is 14.8 Å². The number of rotatable bonds is 8. The molecule has 0 bridgehead atoms. The Bertz CT molecular complexity index is 344. The van der Waals surface area contributed by atoms with Gasteiger partial charge in [-0.3, -0.25) is 0 Å². The van der Waals surface area contributed by atoms with Gasteiger partial charge in [0.05, 0.1) is 0 Å². The third-order valence-electron chi connectivity index (χ3n) is 2.72. The van der Waals surface area contributed by atoms with E-state index in [0.717, 1.165) is 25.5 Å². The molecule has 102 valence electrons. The first-order valence-electron chi connectivity index (χ1n) is 6.56. The molecule has 0 aliphatic rings. The number of hydrogen-bond acceptors (Lipinski definition) is 3. The maximum atomic E-state index is 4.37. The highest BCUT2D eigenvalue weighted by Gasteiger charge is 2.14. The van der Waals surface area contributed by atoms with Crippen molar-refractivity contribution < 1.29 is 0 Å². The van der Waals surface area contributed by atoms with Crippen molar-refractivity contribution in [2.24, 2.45) is 5.92 Å². The molecule has 18 heavy (non-hydrogen) atoms. The highest BCUT2D eigenvalue weighted by atomic mass is 15.2. The van der Waals surface area contributed by atoms with E-state index in [1.807, 2.05) is 18.5 Å². The largest absolute Gasteiger partial charge is 0.352 e. The molecule has 0 saturated heterocycles. The number of likely N-dealkylation sites (N-methyl/N-ethyl adjacent to an activating group) is 1. The molecule has 0 aromatic carbocycles. The lowest BCUT2D eigenvalue weighted by Crippen LogP contribution is -2.34. The summed E-state index contributed by atoms with van der Waals surface area (Å²) in [5.74, 6) is 1.60. The third kappa shape index (κ3) is 4.92. The molecular weight excluding hydrogens is 224 g/mol. The zero-order chi connectivity index (χ0) is 13.5. The molecule has 0 saturated carbocycles. The van der Waals surface area contributed by atoms with E-state index in [9.17, 15) is 0 Å². The fourth-order valence-corrected chi connectivity index (χ4v) is 2.11. The summed E-state index contributed by atoms with van der Waals surface area (Å²) in [6, 6.07) is 0.422. The van der Waals surface area contributed by atoms with E-state index in [0.29, 0.717) is 12.0 Å². The first kappa shape index (κ1) is 14.8. The second kappa shape index (κ2) is 7.21. The molecule has 0 amide bonds. The molecular formula is C14H26N4. The molecule has 0 radical (unpaired) electrons. The quantitative estimate of drug-likeness (QED) is 0.719. The van der Waals surface area contributed by atoms with Gasteiger partial charge in [0.1, 0.15) is 0 Å². The van der Waals surface area contributed by atoms with E-state index in [-0.39, 0.29) is 0 Å². The molecule has 1 rings (SSSR count). The van der Waals surface area contributed by atoms with Gasteiger partial charge in [-0.2, -0.15) is 0 Å². The lowest BCUT2D eigenvalue weighted by Gasteiger charge is -2.24. The minimum absolute atomic E-state index is 0.422. The number of imidazole rings is 1. The smallest absolute Gasteiger partial charge is 0.203 e. The van der Waals surface area contributed by atoms with Gasteiger partial charge in [-0.1, -0.05) is 19.9 Å². The van der Waals surface area contributed by atoms with Gasteiger partial charge in [-0.25, -0.2) is 4.98 Å². The van der Waals surface area contributed by atoms with E-state index < -0.39 is 0 Å². The van der Waals surface area contributed by atoms with Gasteiger partial charge in [-0.15, -0.1) is 6.58 Å². The number of aromatic nitrogens is 2. The zero-order valence-corrected chi connectivity index (χ0v) is 12.1. The number of anilines is 1. The van der Waals surface area contributed by atoms with E-state index in [2.05, 4.69) is 54.3 Å². The van der Waals surface area contributed by atoms with Crippen LogP contribution >= 0.6 is 0 Å². The summed E-state index contributed by atoms with van der Waals surface area (Å²) in [5, 5.41) is 3.54. The number of allylic oxidation sites excluding steroid dienone is 1. The van der Waals surface area contributed by atoms with Crippen molar-refractivity contribution in [2.75, 3.05) is 26.0 Å². The Morgan fingerprint density at radius 1 is 1.50 bits per heavy atom. The molecule has 0 spiro atoms. The summed E-state index contributed by atoms with van der Waals surface area (Å²) >= 11 is 0. The predicted molar refractivity (Wildman–Crippen MR) is 77.8 cm³/mol. The Hall–Kier alpha value is -1.29. The van der Waals surface area contributed by atoms with Crippen LogP contribution in [-0.2, 0) is 6.54 Å². The fraction of sp³-hybridized carbons (Fsp3) is 0.643. The standard InChI is InChI=1S/C14H26N4/c1-6-8-18-9-7-15-14(18)16-13(10-12(2)3)11-17(4)5/h6-7,9,12-13H,1,8,10-11H2,2-5H3,(H,15,16). The van der Waals surface area contributed by atoms with Crippen molar-refractivity contribution in [2.45, 2.75) is 32.9 Å². The van der Waals surface area contributed by atoms with Crippen LogP contribution in [0.25, 0.3) is 0 Å². The number of nitrogens with zero attached hydrogens (tertiary/aromatic N) is 3. The molecule has 0 aliphatic carbocycles. The fourth-order valence-electron chi connectivity index (χ4n) is 2.11. The second-order valence-electron chi connectivity index (χ2n) is 5.42. The minimum Gasteiger partial charge on any atom is -0.352 e. The first-order chi connectivity index (χ1) is 8.52. The monoisotopic (exact) mass is 250 g/mol. The molecule has 1 aromatic rings. The highest BCUT2D eigenvalue weighted by molar-refractivity contribution is 5.28. The third-order valence-corrected chi connectivity index (χ3v) is 2.72. The van der Waals surface area contributed by atoms with Crippen molar-refractivity contribution in [3.8, 4) is 0 Å².